The summed E-state index contributed by atoms with van der Waals surface area (Å²) in [7, 11) is 0. The van der Waals surface area contributed by atoms with E-state index in [4.69, 9.17) is 0 Å². The minimum atomic E-state index is -2.63. The monoisotopic (exact) mass is 442 g/mol. The molecule has 4 saturated carbocycles. The average Bonchev–Trinajstić information content (AvgIpc) is 3.17. The van der Waals surface area contributed by atoms with E-state index >= 15 is 0 Å². The topological polar surface area (TPSA) is 41.4 Å². The Morgan fingerprint density at radius 1 is 1.00 bits per heavy atom. The van der Waals surface area contributed by atoms with Crippen LogP contribution in [0.15, 0.2) is 24.3 Å². The minimum absolute atomic E-state index is 0.105. The number of imidazole rings is 1. The molecule has 4 bridgehead atoms. The maximum absolute atomic E-state index is 13.9. The van der Waals surface area contributed by atoms with Crippen LogP contribution in [0, 0.1) is 23.2 Å². The van der Waals surface area contributed by atoms with E-state index in [-0.39, 0.29) is 11.5 Å². The highest BCUT2D eigenvalue weighted by Crippen LogP contribution is 2.60. The van der Waals surface area contributed by atoms with Crippen LogP contribution < -0.4 is 0 Å². The molecule has 32 heavy (non-hydrogen) atoms. The number of rotatable bonds is 4. The Kier molecular flexibility index (Phi) is 4.83. The summed E-state index contributed by atoms with van der Waals surface area (Å²) in [5.74, 6) is 3.06. The van der Waals surface area contributed by atoms with Crippen LogP contribution >= 0.6 is 0 Å². The van der Waals surface area contributed by atoms with Gasteiger partial charge in [0.25, 0.3) is 0 Å². The Morgan fingerprint density at radius 3 is 2.19 bits per heavy atom. The second-order valence-electron chi connectivity index (χ2n) is 10.8. The van der Waals surface area contributed by atoms with Crippen molar-refractivity contribution in [3.8, 4) is 0 Å². The quantitative estimate of drug-likeness (QED) is 0.680. The van der Waals surface area contributed by atoms with Crippen molar-refractivity contribution in [2.75, 3.05) is 26.2 Å². The molecule has 0 radical (unpaired) electrons. The predicted molar refractivity (Wildman–Crippen MR) is 118 cm³/mol. The number of piperazine rings is 1. The highest BCUT2D eigenvalue weighted by atomic mass is 19.3. The van der Waals surface area contributed by atoms with Gasteiger partial charge < -0.3 is 4.90 Å². The van der Waals surface area contributed by atoms with Gasteiger partial charge in [0, 0.05) is 26.2 Å². The van der Waals surface area contributed by atoms with Crippen LogP contribution in [-0.4, -0.2) is 51.4 Å². The highest BCUT2D eigenvalue weighted by molar-refractivity contribution is 5.83. The third-order valence-corrected chi connectivity index (χ3v) is 8.83. The standard InChI is InChI=1S/C25H32F2N4O/c1-16(22-28-20-4-2-3-5-21(20)31(22)24(26)27)29-6-8-30(9-7-29)23(32)25-13-17-10-18(14-25)12-19(11-17)15-25/h2-5,16-19,24H,6-15H2,1H3. The van der Waals surface area contributed by atoms with E-state index in [1.165, 1.54) is 19.3 Å². The lowest BCUT2D eigenvalue weighted by Gasteiger charge is -2.57. The number of halogens is 2. The van der Waals surface area contributed by atoms with Crippen LogP contribution in [0.3, 0.4) is 0 Å². The maximum atomic E-state index is 13.9. The van der Waals surface area contributed by atoms with E-state index < -0.39 is 6.55 Å². The summed E-state index contributed by atoms with van der Waals surface area (Å²) >= 11 is 0. The molecule has 1 amide bonds. The fourth-order valence-electron chi connectivity index (χ4n) is 7.75. The van der Waals surface area contributed by atoms with E-state index in [0.717, 1.165) is 41.6 Å². The fourth-order valence-corrected chi connectivity index (χ4v) is 7.75. The molecular weight excluding hydrogens is 410 g/mol. The maximum Gasteiger partial charge on any atom is 0.320 e. The second-order valence-corrected chi connectivity index (χ2v) is 10.8. The molecule has 1 aliphatic heterocycles. The molecule has 1 aromatic heterocycles. The Hall–Kier alpha value is -2.02. The highest BCUT2D eigenvalue weighted by Gasteiger charge is 2.55. The number of aromatic nitrogens is 2. The number of benzene rings is 1. The number of para-hydroxylation sites is 2. The molecule has 0 N–H and O–H groups in total. The van der Waals surface area contributed by atoms with E-state index in [1.807, 2.05) is 13.0 Å². The van der Waals surface area contributed by atoms with Gasteiger partial charge in [-0.05, 0) is 75.3 Å². The number of nitrogens with zero attached hydrogens (tertiary/aromatic N) is 4. The van der Waals surface area contributed by atoms with Crippen molar-refractivity contribution < 1.29 is 13.6 Å². The third kappa shape index (κ3) is 3.18. The van der Waals surface area contributed by atoms with Crippen molar-refractivity contribution in [3.05, 3.63) is 30.1 Å². The minimum Gasteiger partial charge on any atom is -0.340 e. The fraction of sp³-hybridized carbons (Fsp3) is 0.680. The molecule has 2 aromatic rings. The Bertz CT molecular complexity index is 991. The largest absolute Gasteiger partial charge is 0.340 e. The summed E-state index contributed by atoms with van der Waals surface area (Å²) in [6, 6.07) is 6.85. The second kappa shape index (κ2) is 7.51. The Morgan fingerprint density at radius 2 is 1.59 bits per heavy atom. The molecule has 1 aromatic carbocycles. The van der Waals surface area contributed by atoms with Crippen molar-refractivity contribution in [2.45, 2.75) is 58.0 Å². The molecule has 1 unspecified atom stereocenters. The number of carbonyl (C=O) groups is 1. The zero-order valence-electron chi connectivity index (χ0n) is 18.7. The van der Waals surface area contributed by atoms with Crippen LogP contribution in [0.1, 0.15) is 63.9 Å². The molecule has 5 fully saturated rings. The number of hydrogen-bond acceptors (Lipinski definition) is 3. The van der Waals surface area contributed by atoms with Gasteiger partial charge in [-0.1, -0.05) is 12.1 Å². The Balaban J connectivity index is 1.17. The van der Waals surface area contributed by atoms with Gasteiger partial charge in [0.2, 0.25) is 5.91 Å². The van der Waals surface area contributed by atoms with Crippen molar-refractivity contribution >= 4 is 16.9 Å². The lowest BCUT2D eigenvalue weighted by atomic mass is 9.49. The number of amides is 1. The zero-order valence-corrected chi connectivity index (χ0v) is 18.7. The van der Waals surface area contributed by atoms with E-state index in [0.29, 0.717) is 48.9 Å². The first-order chi connectivity index (χ1) is 15.4. The van der Waals surface area contributed by atoms with Gasteiger partial charge in [-0.3, -0.25) is 14.3 Å². The molecule has 172 valence electrons. The summed E-state index contributed by atoms with van der Waals surface area (Å²) in [4.78, 5) is 22.5. The van der Waals surface area contributed by atoms with Crippen LogP contribution in [0.5, 0.6) is 0 Å². The molecule has 2 heterocycles. The van der Waals surface area contributed by atoms with E-state index in [1.54, 1.807) is 18.2 Å². The first-order valence-electron chi connectivity index (χ1n) is 12.2. The normalized spacial score (nSPS) is 33.4. The van der Waals surface area contributed by atoms with Gasteiger partial charge in [-0.25, -0.2) is 4.98 Å². The van der Waals surface area contributed by atoms with Crippen LogP contribution in [0.2, 0.25) is 0 Å². The SMILES string of the molecule is CC(c1nc2ccccc2n1C(F)F)N1CCN(C(=O)C23CC4CC(CC(C4)C2)C3)CC1. The number of alkyl halides is 2. The molecule has 5 aliphatic rings. The molecule has 1 atom stereocenters. The van der Waals surface area contributed by atoms with E-state index in [9.17, 15) is 13.6 Å². The summed E-state index contributed by atoms with van der Waals surface area (Å²) in [5, 5.41) is 0. The summed E-state index contributed by atoms with van der Waals surface area (Å²) in [6.45, 7) is 2.09. The molecule has 4 aliphatic carbocycles. The smallest absolute Gasteiger partial charge is 0.320 e. The van der Waals surface area contributed by atoms with Crippen molar-refractivity contribution in [3.63, 3.8) is 0 Å². The average molecular weight is 443 g/mol. The molecule has 5 nitrogen and oxygen atoms in total. The first kappa shape index (κ1) is 20.6. The summed E-state index contributed by atoms with van der Waals surface area (Å²) in [6.07, 6.45) is 7.28. The third-order valence-electron chi connectivity index (χ3n) is 8.83. The molecule has 7 rings (SSSR count). The zero-order chi connectivity index (χ0) is 22.0. The molecule has 1 saturated heterocycles. The number of fused-ring (bicyclic) bond motifs is 1. The van der Waals surface area contributed by atoms with Gasteiger partial charge in [0.05, 0.1) is 22.5 Å². The predicted octanol–water partition coefficient (Wildman–Crippen LogP) is 4.85. The van der Waals surface area contributed by atoms with Gasteiger partial charge in [-0.15, -0.1) is 0 Å². The van der Waals surface area contributed by atoms with Gasteiger partial charge in [-0.2, -0.15) is 8.78 Å². The van der Waals surface area contributed by atoms with Gasteiger partial charge in [0.15, 0.2) is 0 Å². The first-order valence-corrected chi connectivity index (χ1v) is 12.2. The van der Waals surface area contributed by atoms with Crippen LogP contribution in [0.25, 0.3) is 11.0 Å². The van der Waals surface area contributed by atoms with Gasteiger partial charge in [0.1, 0.15) is 5.82 Å². The van der Waals surface area contributed by atoms with Crippen molar-refractivity contribution in [2.24, 2.45) is 23.2 Å². The molecule has 7 heteroatoms. The number of hydrogen-bond donors (Lipinski definition) is 0. The van der Waals surface area contributed by atoms with Crippen LogP contribution in [0.4, 0.5) is 8.78 Å². The number of carbonyl (C=O) groups excluding carboxylic acids is 1. The van der Waals surface area contributed by atoms with Gasteiger partial charge >= 0.3 is 6.55 Å². The van der Waals surface area contributed by atoms with Crippen molar-refractivity contribution in [1.82, 2.24) is 19.4 Å². The van der Waals surface area contributed by atoms with Crippen molar-refractivity contribution in [1.29, 1.82) is 0 Å². The summed E-state index contributed by atoms with van der Waals surface area (Å²) in [5.41, 5.74) is 0.969. The lowest BCUT2D eigenvalue weighted by Crippen LogP contribution is -2.58. The summed E-state index contributed by atoms with van der Waals surface area (Å²) < 4.78 is 28.9. The Labute approximate surface area is 187 Å². The van der Waals surface area contributed by atoms with E-state index in [2.05, 4.69) is 14.8 Å². The molecule has 0 spiro atoms. The molecular formula is C25H32F2N4O. The van der Waals surface area contributed by atoms with Crippen LogP contribution in [-0.2, 0) is 4.79 Å². The lowest BCUT2D eigenvalue weighted by molar-refractivity contribution is -0.159.